The molecule has 1 aliphatic rings. The maximum atomic E-state index is 13.1. The number of rotatable bonds is 4. The van der Waals surface area contributed by atoms with E-state index in [0.717, 1.165) is 31.5 Å². The topological polar surface area (TPSA) is 32.3 Å². The molecule has 98 valence electrons. The van der Waals surface area contributed by atoms with Crippen LogP contribution in [0.25, 0.3) is 0 Å². The fourth-order valence-corrected chi connectivity index (χ4v) is 2.21. The van der Waals surface area contributed by atoms with Crippen molar-refractivity contribution < 1.29 is 9.18 Å². The summed E-state index contributed by atoms with van der Waals surface area (Å²) >= 11 is 0. The van der Waals surface area contributed by atoms with E-state index in [-0.39, 0.29) is 17.8 Å². The van der Waals surface area contributed by atoms with Gasteiger partial charge in [-0.2, -0.15) is 0 Å². The van der Waals surface area contributed by atoms with E-state index in [4.69, 9.17) is 0 Å². The number of nitrogens with zero attached hydrogens (tertiary/aromatic N) is 1. The van der Waals surface area contributed by atoms with Gasteiger partial charge in [-0.05, 0) is 37.5 Å². The fraction of sp³-hybridized carbons (Fsp3) is 0.500. The lowest BCUT2D eigenvalue weighted by atomic mass is 10.1. The SMILES string of the molecule is CC(NCC(=O)N1CCCC1)c1cccc(F)c1. The van der Waals surface area contributed by atoms with Crippen molar-refractivity contribution in [1.82, 2.24) is 10.2 Å². The van der Waals surface area contributed by atoms with Crippen LogP contribution in [0.1, 0.15) is 31.4 Å². The van der Waals surface area contributed by atoms with Crippen molar-refractivity contribution in [2.45, 2.75) is 25.8 Å². The van der Waals surface area contributed by atoms with E-state index in [9.17, 15) is 9.18 Å². The first-order valence-electron chi connectivity index (χ1n) is 6.43. The number of hydrogen-bond acceptors (Lipinski definition) is 2. The molecule has 0 aromatic heterocycles. The lowest BCUT2D eigenvalue weighted by Gasteiger charge is -2.18. The van der Waals surface area contributed by atoms with Gasteiger partial charge < -0.3 is 10.2 Å². The molecule has 3 nitrogen and oxygen atoms in total. The smallest absolute Gasteiger partial charge is 0.236 e. The molecule has 0 spiro atoms. The van der Waals surface area contributed by atoms with E-state index < -0.39 is 0 Å². The fourth-order valence-electron chi connectivity index (χ4n) is 2.21. The normalized spacial score (nSPS) is 16.9. The zero-order valence-electron chi connectivity index (χ0n) is 10.7. The van der Waals surface area contributed by atoms with Crippen molar-refractivity contribution in [3.8, 4) is 0 Å². The van der Waals surface area contributed by atoms with Crippen molar-refractivity contribution in [3.63, 3.8) is 0 Å². The van der Waals surface area contributed by atoms with Crippen LogP contribution in [0.5, 0.6) is 0 Å². The Bertz CT molecular complexity index is 416. The summed E-state index contributed by atoms with van der Waals surface area (Å²) in [5.74, 6) is -0.109. The number of carbonyl (C=O) groups is 1. The standard InChI is InChI=1S/C14H19FN2O/c1-11(12-5-4-6-13(15)9-12)16-10-14(18)17-7-2-3-8-17/h4-6,9,11,16H,2-3,7-8,10H2,1H3. The molecule has 0 aliphatic carbocycles. The molecule has 1 amide bonds. The number of halogens is 1. The van der Waals surface area contributed by atoms with Crippen molar-refractivity contribution in [3.05, 3.63) is 35.6 Å². The molecule has 1 aliphatic heterocycles. The highest BCUT2D eigenvalue weighted by atomic mass is 19.1. The highest BCUT2D eigenvalue weighted by Gasteiger charge is 2.18. The van der Waals surface area contributed by atoms with E-state index in [2.05, 4.69) is 5.32 Å². The van der Waals surface area contributed by atoms with Gasteiger partial charge in [-0.25, -0.2) is 4.39 Å². The van der Waals surface area contributed by atoms with E-state index in [1.54, 1.807) is 6.07 Å². The molecule has 1 fully saturated rings. The van der Waals surface area contributed by atoms with Crippen molar-refractivity contribution in [2.24, 2.45) is 0 Å². The number of likely N-dealkylation sites (tertiary alicyclic amines) is 1. The minimum absolute atomic E-state index is 0.0211. The van der Waals surface area contributed by atoms with Gasteiger partial charge in [0, 0.05) is 19.1 Å². The Morgan fingerprint density at radius 3 is 2.83 bits per heavy atom. The quantitative estimate of drug-likeness (QED) is 0.887. The van der Waals surface area contributed by atoms with Crippen LogP contribution in [-0.2, 0) is 4.79 Å². The number of nitrogens with one attached hydrogen (secondary N) is 1. The average molecular weight is 250 g/mol. The zero-order valence-corrected chi connectivity index (χ0v) is 10.7. The molecule has 0 radical (unpaired) electrons. The maximum absolute atomic E-state index is 13.1. The van der Waals surface area contributed by atoms with E-state index in [0.29, 0.717) is 6.54 Å². The summed E-state index contributed by atoms with van der Waals surface area (Å²) < 4.78 is 13.1. The first kappa shape index (κ1) is 13.0. The molecule has 0 bridgehead atoms. The van der Waals surface area contributed by atoms with Gasteiger partial charge in [0.05, 0.1) is 6.54 Å². The molecule has 2 rings (SSSR count). The Morgan fingerprint density at radius 2 is 2.17 bits per heavy atom. The number of amides is 1. The molecule has 1 unspecified atom stereocenters. The molecule has 4 heteroatoms. The third kappa shape index (κ3) is 3.29. The van der Waals surface area contributed by atoms with Crippen LogP contribution in [-0.4, -0.2) is 30.4 Å². The van der Waals surface area contributed by atoms with Crippen LogP contribution in [0.4, 0.5) is 4.39 Å². The van der Waals surface area contributed by atoms with Gasteiger partial charge in [-0.3, -0.25) is 4.79 Å². The van der Waals surface area contributed by atoms with Gasteiger partial charge in [0.1, 0.15) is 5.82 Å². The van der Waals surface area contributed by atoms with Crippen LogP contribution < -0.4 is 5.32 Å². The van der Waals surface area contributed by atoms with Gasteiger partial charge in [0.2, 0.25) is 5.91 Å². The van der Waals surface area contributed by atoms with Gasteiger partial charge in [-0.1, -0.05) is 12.1 Å². The third-order valence-corrected chi connectivity index (χ3v) is 3.37. The largest absolute Gasteiger partial charge is 0.342 e. The minimum Gasteiger partial charge on any atom is -0.342 e. The van der Waals surface area contributed by atoms with E-state index in [1.807, 2.05) is 17.9 Å². The monoisotopic (exact) mass is 250 g/mol. The first-order chi connectivity index (χ1) is 8.66. The average Bonchev–Trinajstić information content (AvgIpc) is 2.89. The number of benzene rings is 1. The minimum atomic E-state index is -0.244. The summed E-state index contributed by atoms with van der Waals surface area (Å²) in [6.45, 7) is 3.99. The Morgan fingerprint density at radius 1 is 1.44 bits per heavy atom. The first-order valence-corrected chi connectivity index (χ1v) is 6.43. The van der Waals surface area contributed by atoms with E-state index >= 15 is 0 Å². The van der Waals surface area contributed by atoms with Gasteiger partial charge in [0.25, 0.3) is 0 Å². The second-order valence-electron chi connectivity index (χ2n) is 4.75. The molecule has 1 heterocycles. The predicted molar refractivity (Wildman–Crippen MR) is 68.6 cm³/mol. The van der Waals surface area contributed by atoms with Crippen LogP contribution in [0, 0.1) is 5.82 Å². The van der Waals surface area contributed by atoms with Crippen LogP contribution in [0.2, 0.25) is 0 Å². The molecule has 18 heavy (non-hydrogen) atoms. The molecular formula is C14H19FN2O. The molecule has 1 saturated heterocycles. The van der Waals surface area contributed by atoms with Crippen LogP contribution in [0.3, 0.4) is 0 Å². The Labute approximate surface area is 107 Å². The molecule has 1 aromatic rings. The predicted octanol–water partition coefficient (Wildman–Crippen LogP) is 2.10. The molecule has 0 saturated carbocycles. The second-order valence-corrected chi connectivity index (χ2v) is 4.75. The van der Waals surface area contributed by atoms with Crippen molar-refractivity contribution in [1.29, 1.82) is 0 Å². The highest BCUT2D eigenvalue weighted by Crippen LogP contribution is 2.13. The van der Waals surface area contributed by atoms with Gasteiger partial charge in [-0.15, -0.1) is 0 Å². The summed E-state index contributed by atoms with van der Waals surface area (Å²) in [4.78, 5) is 13.7. The van der Waals surface area contributed by atoms with Crippen molar-refractivity contribution >= 4 is 5.91 Å². The Kier molecular flexibility index (Phi) is 4.31. The maximum Gasteiger partial charge on any atom is 0.236 e. The Balaban J connectivity index is 1.84. The second kappa shape index (κ2) is 5.96. The summed E-state index contributed by atoms with van der Waals surface area (Å²) in [7, 11) is 0. The van der Waals surface area contributed by atoms with Crippen molar-refractivity contribution in [2.75, 3.05) is 19.6 Å². The van der Waals surface area contributed by atoms with E-state index in [1.165, 1.54) is 12.1 Å². The highest BCUT2D eigenvalue weighted by molar-refractivity contribution is 5.78. The summed E-state index contributed by atoms with van der Waals surface area (Å²) in [6, 6.07) is 6.45. The summed E-state index contributed by atoms with van der Waals surface area (Å²) in [6.07, 6.45) is 2.20. The molecule has 1 aromatic carbocycles. The summed E-state index contributed by atoms with van der Waals surface area (Å²) in [5.41, 5.74) is 0.865. The summed E-state index contributed by atoms with van der Waals surface area (Å²) in [5, 5.41) is 3.14. The third-order valence-electron chi connectivity index (χ3n) is 3.37. The lowest BCUT2D eigenvalue weighted by Crippen LogP contribution is -2.37. The number of carbonyl (C=O) groups excluding carboxylic acids is 1. The number of hydrogen-bond donors (Lipinski definition) is 1. The molecular weight excluding hydrogens is 231 g/mol. The Hall–Kier alpha value is -1.42. The van der Waals surface area contributed by atoms with Gasteiger partial charge >= 0.3 is 0 Å². The molecule has 1 atom stereocenters. The van der Waals surface area contributed by atoms with Gasteiger partial charge in [0.15, 0.2) is 0 Å². The molecule has 1 N–H and O–H groups in total. The zero-order chi connectivity index (χ0) is 13.0. The van der Waals surface area contributed by atoms with Crippen LogP contribution >= 0.6 is 0 Å². The lowest BCUT2D eigenvalue weighted by molar-refractivity contribution is -0.129. The van der Waals surface area contributed by atoms with Crippen LogP contribution in [0.15, 0.2) is 24.3 Å².